The fourth-order valence-corrected chi connectivity index (χ4v) is 2.06. The lowest BCUT2D eigenvalue weighted by molar-refractivity contribution is 0.0732. The number of halogens is 1. The molecule has 2 aromatic rings. The van der Waals surface area contributed by atoms with Crippen LogP contribution >= 0.6 is 22.6 Å². The van der Waals surface area contributed by atoms with Crippen molar-refractivity contribution in [3.05, 3.63) is 63.2 Å². The molecule has 0 bridgehead atoms. The van der Waals surface area contributed by atoms with Gasteiger partial charge in [-0.05, 0) is 46.9 Å². The average Bonchev–Trinajstić information content (AvgIpc) is 2.39. The summed E-state index contributed by atoms with van der Waals surface area (Å²) in [6.45, 7) is 0. The topological polar surface area (TPSA) is 43.4 Å². The molecule has 0 unspecified atom stereocenters. The number of ether oxygens (including phenoxy) is 1. The third-order valence-corrected chi connectivity index (χ3v) is 3.28. The van der Waals surface area contributed by atoms with Crippen LogP contribution in [0.3, 0.4) is 0 Å². The molecule has 0 saturated carbocycles. The lowest BCUT2D eigenvalue weighted by Crippen LogP contribution is -2.11. The lowest BCUT2D eigenvalue weighted by Gasteiger charge is -2.07. The summed E-state index contributed by atoms with van der Waals surface area (Å²) in [6.07, 6.45) is 0.665. The standard InChI is InChI=1S/C14H9IO3/c15-12-7-3-2-6-11(12)14(17)18-13-8-4-1-5-10(13)9-16/h1-9H. The first kappa shape index (κ1) is 12.8. The van der Waals surface area contributed by atoms with Gasteiger partial charge in [-0.15, -0.1) is 0 Å². The highest BCUT2D eigenvalue weighted by Gasteiger charge is 2.13. The fourth-order valence-electron chi connectivity index (χ4n) is 1.45. The van der Waals surface area contributed by atoms with Crippen molar-refractivity contribution in [2.45, 2.75) is 0 Å². The van der Waals surface area contributed by atoms with E-state index in [-0.39, 0.29) is 5.75 Å². The predicted molar refractivity (Wildman–Crippen MR) is 75.9 cm³/mol. The molecule has 0 heterocycles. The smallest absolute Gasteiger partial charge is 0.344 e. The highest BCUT2D eigenvalue weighted by molar-refractivity contribution is 14.1. The first-order valence-corrected chi connectivity index (χ1v) is 6.31. The van der Waals surface area contributed by atoms with Gasteiger partial charge in [0.2, 0.25) is 0 Å². The zero-order chi connectivity index (χ0) is 13.0. The third kappa shape index (κ3) is 2.76. The van der Waals surface area contributed by atoms with E-state index in [0.29, 0.717) is 17.4 Å². The number of hydrogen-bond acceptors (Lipinski definition) is 3. The summed E-state index contributed by atoms with van der Waals surface area (Å²) < 4.78 is 6.04. The molecule has 90 valence electrons. The number of carbonyl (C=O) groups is 2. The van der Waals surface area contributed by atoms with E-state index in [1.54, 1.807) is 36.4 Å². The number of aldehydes is 1. The number of para-hydroxylation sites is 1. The van der Waals surface area contributed by atoms with Crippen molar-refractivity contribution in [1.82, 2.24) is 0 Å². The summed E-state index contributed by atoms with van der Waals surface area (Å²) in [5.74, 6) is -0.188. The molecule has 0 aliphatic carbocycles. The van der Waals surface area contributed by atoms with E-state index in [9.17, 15) is 9.59 Å². The van der Waals surface area contributed by atoms with Crippen LogP contribution in [-0.2, 0) is 0 Å². The summed E-state index contributed by atoms with van der Waals surface area (Å²) >= 11 is 2.07. The van der Waals surface area contributed by atoms with Crippen LogP contribution in [0.4, 0.5) is 0 Å². The van der Waals surface area contributed by atoms with Crippen molar-refractivity contribution in [3.8, 4) is 5.75 Å². The van der Waals surface area contributed by atoms with Crippen LogP contribution in [0.15, 0.2) is 48.5 Å². The zero-order valence-corrected chi connectivity index (χ0v) is 11.5. The molecule has 0 radical (unpaired) electrons. The van der Waals surface area contributed by atoms with E-state index in [0.717, 1.165) is 3.57 Å². The first-order valence-electron chi connectivity index (χ1n) is 5.23. The quantitative estimate of drug-likeness (QED) is 0.368. The number of rotatable bonds is 3. The van der Waals surface area contributed by atoms with Crippen LogP contribution in [0.2, 0.25) is 0 Å². The first-order chi connectivity index (χ1) is 8.72. The SMILES string of the molecule is O=Cc1ccccc1OC(=O)c1ccccc1I. The van der Waals surface area contributed by atoms with Crippen molar-refractivity contribution in [3.63, 3.8) is 0 Å². The van der Waals surface area contributed by atoms with E-state index in [1.807, 2.05) is 12.1 Å². The molecule has 18 heavy (non-hydrogen) atoms. The van der Waals surface area contributed by atoms with Crippen molar-refractivity contribution < 1.29 is 14.3 Å². The molecule has 0 aliphatic rings. The van der Waals surface area contributed by atoms with Crippen molar-refractivity contribution >= 4 is 34.8 Å². The molecule has 0 saturated heterocycles. The molecule has 0 amide bonds. The Morgan fingerprint density at radius 3 is 2.44 bits per heavy atom. The molecule has 2 aromatic carbocycles. The average molecular weight is 352 g/mol. The van der Waals surface area contributed by atoms with Gasteiger partial charge in [-0.3, -0.25) is 4.79 Å². The van der Waals surface area contributed by atoms with E-state index in [4.69, 9.17) is 4.74 Å². The Hall–Kier alpha value is -1.69. The van der Waals surface area contributed by atoms with Gasteiger partial charge >= 0.3 is 5.97 Å². The minimum absolute atomic E-state index is 0.275. The molecule has 0 atom stereocenters. The van der Waals surface area contributed by atoms with Gasteiger partial charge in [0.05, 0.1) is 11.1 Å². The maximum Gasteiger partial charge on any atom is 0.344 e. The largest absolute Gasteiger partial charge is 0.422 e. The molecule has 0 aliphatic heterocycles. The maximum atomic E-state index is 12.0. The Labute approximate surface area is 118 Å². The molecule has 0 spiro atoms. The van der Waals surface area contributed by atoms with Crippen LogP contribution in [0, 0.1) is 3.57 Å². The van der Waals surface area contributed by atoms with Gasteiger partial charge in [0.25, 0.3) is 0 Å². The molecular weight excluding hydrogens is 343 g/mol. The van der Waals surface area contributed by atoms with E-state index in [2.05, 4.69) is 22.6 Å². The Bertz CT molecular complexity index is 593. The third-order valence-electron chi connectivity index (χ3n) is 2.34. The van der Waals surface area contributed by atoms with Crippen molar-refractivity contribution in [2.24, 2.45) is 0 Å². The Balaban J connectivity index is 2.27. The number of carbonyl (C=O) groups excluding carboxylic acids is 2. The summed E-state index contributed by atoms with van der Waals surface area (Å²) in [5.41, 5.74) is 0.843. The molecule has 0 fully saturated rings. The number of hydrogen-bond donors (Lipinski definition) is 0. The Kier molecular flexibility index (Phi) is 4.09. The van der Waals surface area contributed by atoms with Gasteiger partial charge in [-0.1, -0.05) is 24.3 Å². The molecule has 0 aromatic heterocycles. The molecule has 2 rings (SSSR count). The van der Waals surface area contributed by atoms with Crippen molar-refractivity contribution in [2.75, 3.05) is 0 Å². The monoisotopic (exact) mass is 352 g/mol. The molecular formula is C14H9IO3. The van der Waals surface area contributed by atoms with E-state index < -0.39 is 5.97 Å². The van der Waals surface area contributed by atoms with Crippen molar-refractivity contribution in [1.29, 1.82) is 0 Å². The molecule has 3 nitrogen and oxygen atoms in total. The minimum Gasteiger partial charge on any atom is -0.422 e. The summed E-state index contributed by atoms with van der Waals surface area (Å²) in [4.78, 5) is 22.8. The Morgan fingerprint density at radius 2 is 1.72 bits per heavy atom. The van der Waals surface area contributed by atoms with Gasteiger partial charge < -0.3 is 4.74 Å². The summed E-state index contributed by atoms with van der Waals surface area (Å²) in [5, 5.41) is 0. The lowest BCUT2D eigenvalue weighted by atomic mass is 10.2. The number of benzene rings is 2. The summed E-state index contributed by atoms with van der Waals surface area (Å²) in [7, 11) is 0. The van der Waals surface area contributed by atoms with Crippen LogP contribution in [0.1, 0.15) is 20.7 Å². The van der Waals surface area contributed by atoms with E-state index in [1.165, 1.54) is 0 Å². The Morgan fingerprint density at radius 1 is 1.06 bits per heavy atom. The van der Waals surface area contributed by atoms with Crippen LogP contribution in [-0.4, -0.2) is 12.3 Å². The predicted octanol–water partition coefficient (Wildman–Crippen LogP) is 3.32. The van der Waals surface area contributed by atoms with Gasteiger partial charge in [-0.2, -0.15) is 0 Å². The zero-order valence-electron chi connectivity index (χ0n) is 9.30. The fraction of sp³-hybridized carbons (Fsp3) is 0. The molecule has 0 N–H and O–H groups in total. The highest BCUT2D eigenvalue weighted by atomic mass is 127. The minimum atomic E-state index is -0.464. The summed E-state index contributed by atoms with van der Waals surface area (Å²) in [6, 6.07) is 13.8. The van der Waals surface area contributed by atoms with Gasteiger partial charge in [0.15, 0.2) is 6.29 Å². The maximum absolute atomic E-state index is 12.0. The highest BCUT2D eigenvalue weighted by Crippen LogP contribution is 2.19. The second-order valence-electron chi connectivity index (χ2n) is 3.53. The van der Waals surface area contributed by atoms with Crippen LogP contribution in [0.25, 0.3) is 0 Å². The van der Waals surface area contributed by atoms with Gasteiger partial charge in [0.1, 0.15) is 5.75 Å². The second kappa shape index (κ2) is 5.77. The van der Waals surface area contributed by atoms with Crippen LogP contribution < -0.4 is 4.74 Å². The van der Waals surface area contributed by atoms with Gasteiger partial charge in [-0.25, -0.2) is 4.79 Å². The second-order valence-corrected chi connectivity index (χ2v) is 4.69. The normalized spacial score (nSPS) is 9.83. The van der Waals surface area contributed by atoms with E-state index >= 15 is 0 Å². The van der Waals surface area contributed by atoms with Crippen LogP contribution in [0.5, 0.6) is 5.75 Å². The number of esters is 1. The molecule has 4 heteroatoms. The van der Waals surface area contributed by atoms with Gasteiger partial charge in [0, 0.05) is 3.57 Å².